The van der Waals surface area contributed by atoms with E-state index in [9.17, 15) is 0 Å². The third-order valence-electron chi connectivity index (χ3n) is 2.51. The van der Waals surface area contributed by atoms with Crippen LogP contribution in [0.15, 0.2) is 6.33 Å². The van der Waals surface area contributed by atoms with Gasteiger partial charge in [-0.05, 0) is 0 Å². The predicted octanol–water partition coefficient (Wildman–Crippen LogP) is 0.436. The molecule has 102 valence electrons. The van der Waals surface area contributed by atoms with Crippen LogP contribution in [0, 0.1) is 0 Å². The fourth-order valence-electron chi connectivity index (χ4n) is 1.63. The standard InChI is InChI=1S/C11H15N5O3/c1-16-7(5-17-2)14-9(15-16)8-10(18-3)12-6-13-11(8)19-4/h6H,5H2,1-4H3. The summed E-state index contributed by atoms with van der Waals surface area (Å²) in [6.07, 6.45) is 1.36. The summed E-state index contributed by atoms with van der Waals surface area (Å²) in [5, 5.41) is 4.30. The Morgan fingerprint density at radius 2 is 1.74 bits per heavy atom. The number of hydrogen-bond acceptors (Lipinski definition) is 7. The van der Waals surface area contributed by atoms with E-state index in [1.54, 1.807) is 18.8 Å². The van der Waals surface area contributed by atoms with Crippen molar-refractivity contribution in [2.75, 3.05) is 21.3 Å². The lowest BCUT2D eigenvalue weighted by atomic mass is 10.3. The molecule has 0 aromatic carbocycles. The van der Waals surface area contributed by atoms with Gasteiger partial charge in [0, 0.05) is 14.2 Å². The number of aryl methyl sites for hydroxylation is 1. The average molecular weight is 265 g/mol. The van der Waals surface area contributed by atoms with Crippen molar-refractivity contribution in [3.63, 3.8) is 0 Å². The number of aromatic nitrogens is 5. The number of rotatable bonds is 5. The van der Waals surface area contributed by atoms with E-state index in [4.69, 9.17) is 14.2 Å². The van der Waals surface area contributed by atoms with Crippen molar-refractivity contribution in [1.82, 2.24) is 24.7 Å². The summed E-state index contributed by atoms with van der Waals surface area (Å²) in [4.78, 5) is 12.4. The van der Waals surface area contributed by atoms with E-state index in [1.165, 1.54) is 20.5 Å². The minimum absolute atomic E-state index is 0.362. The molecular formula is C11H15N5O3. The molecule has 8 heteroatoms. The summed E-state index contributed by atoms with van der Waals surface area (Å²) in [5.41, 5.74) is 0.519. The largest absolute Gasteiger partial charge is 0.480 e. The maximum Gasteiger partial charge on any atom is 0.231 e. The molecule has 2 aromatic rings. The van der Waals surface area contributed by atoms with Crippen molar-refractivity contribution in [3.05, 3.63) is 12.2 Å². The van der Waals surface area contributed by atoms with Crippen LogP contribution in [-0.2, 0) is 18.4 Å². The highest BCUT2D eigenvalue weighted by atomic mass is 16.5. The molecule has 2 heterocycles. The summed E-state index contributed by atoms with van der Waals surface area (Å²) in [6, 6.07) is 0. The van der Waals surface area contributed by atoms with Crippen molar-refractivity contribution < 1.29 is 14.2 Å². The first-order valence-corrected chi connectivity index (χ1v) is 5.53. The molecule has 0 fully saturated rings. The Hall–Kier alpha value is -2.22. The molecule has 0 saturated heterocycles. The Bertz CT molecular complexity index is 547. The molecule has 0 unspecified atom stereocenters. The van der Waals surface area contributed by atoms with Gasteiger partial charge >= 0.3 is 0 Å². The summed E-state index contributed by atoms with van der Waals surface area (Å²) in [7, 11) is 6.42. The molecule has 0 spiro atoms. The average Bonchev–Trinajstić information content (AvgIpc) is 2.79. The normalized spacial score (nSPS) is 10.5. The second-order valence-corrected chi connectivity index (χ2v) is 3.68. The molecule has 0 bridgehead atoms. The van der Waals surface area contributed by atoms with Crippen molar-refractivity contribution in [1.29, 1.82) is 0 Å². The second kappa shape index (κ2) is 5.61. The van der Waals surface area contributed by atoms with E-state index in [0.717, 1.165) is 0 Å². The Morgan fingerprint density at radius 3 is 2.26 bits per heavy atom. The van der Waals surface area contributed by atoms with Crippen molar-refractivity contribution in [2.24, 2.45) is 7.05 Å². The topological polar surface area (TPSA) is 84.2 Å². The van der Waals surface area contributed by atoms with E-state index < -0.39 is 0 Å². The molecule has 0 aliphatic carbocycles. The molecule has 2 aromatic heterocycles. The van der Waals surface area contributed by atoms with Crippen LogP contribution in [-0.4, -0.2) is 46.1 Å². The zero-order valence-corrected chi connectivity index (χ0v) is 11.2. The number of methoxy groups -OCH3 is 3. The minimum atomic E-state index is 0.362. The van der Waals surface area contributed by atoms with Gasteiger partial charge in [0.1, 0.15) is 18.5 Å². The predicted molar refractivity (Wildman–Crippen MR) is 65.8 cm³/mol. The zero-order chi connectivity index (χ0) is 13.8. The van der Waals surface area contributed by atoms with Crippen LogP contribution in [0.5, 0.6) is 11.8 Å². The van der Waals surface area contributed by atoms with Crippen LogP contribution < -0.4 is 9.47 Å². The highest BCUT2D eigenvalue weighted by Crippen LogP contribution is 2.32. The first kappa shape index (κ1) is 13.2. The van der Waals surface area contributed by atoms with Crippen LogP contribution in [0.1, 0.15) is 5.82 Å². The summed E-state index contributed by atoms with van der Waals surface area (Å²) in [5.74, 6) is 1.84. The van der Waals surface area contributed by atoms with E-state index >= 15 is 0 Å². The Balaban J connectivity index is 2.54. The molecule has 0 aliphatic heterocycles. The summed E-state index contributed by atoms with van der Waals surface area (Å²) >= 11 is 0. The van der Waals surface area contributed by atoms with Crippen LogP contribution in [0.3, 0.4) is 0 Å². The fourth-order valence-corrected chi connectivity index (χ4v) is 1.63. The van der Waals surface area contributed by atoms with Gasteiger partial charge in [-0.1, -0.05) is 0 Å². The van der Waals surface area contributed by atoms with Crippen molar-refractivity contribution >= 4 is 0 Å². The third-order valence-corrected chi connectivity index (χ3v) is 2.51. The monoisotopic (exact) mass is 265 g/mol. The molecule has 0 aliphatic rings. The van der Waals surface area contributed by atoms with Gasteiger partial charge in [0.2, 0.25) is 11.8 Å². The van der Waals surface area contributed by atoms with Gasteiger partial charge in [-0.2, -0.15) is 5.10 Å². The minimum Gasteiger partial charge on any atom is -0.480 e. The Labute approximate surface area is 110 Å². The van der Waals surface area contributed by atoms with E-state index in [1.807, 2.05) is 0 Å². The van der Waals surface area contributed by atoms with Gasteiger partial charge in [0.15, 0.2) is 11.6 Å². The SMILES string of the molecule is COCc1nc(-c2c(OC)ncnc2OC)nn1C. The number of hydrogen-bond donors (Lipinski definition) is 0. The second-order valence-electron chi connectivity index (χ2n) is 3.68. The van der Waals surface area contributed by atoms with E-state index in [-0.39, 0.29) is 0 Å². The number of ether oxygens (including phenoxy) is 3. The lowest BCUT2D eigenvalue weighted by Crippen LogP contribution is -2.00. The van der Waals surface area contributed by atoms with Gasteiger partial charge in [-0.3, -0.25) is 4.68 Å². The van der Waals surface area contributed by atoms with Gasteiger partial charge in [0.25, 0.3) is 0 Å². The zero-order valence-electron chi connectivity index (χ0n) is 11.2. The maximum atomic E-state index is 5.20. The lowest BCUT2D eigenvalue weighted by molar-refractivity contribution is 0.174. The van der Waals surface area contributed by atoms with Gasteiger partial charge in [-0.15, -0.1) is 0 Å². The third kappa shape index (κ3) is 2.48. The molecule has 2 rings (SSSR count). The Kier molecular flexibility index (Phi) is 3.91. The van der Waals surface area contributed by atoms with Gasteiger partial charge in [-0.25, -0.2) is 15.0 Å². The lowest BCUT2D eigenvalue weighted by Gasteiger charge is -2.07. The molecule has 0 amide bonds. The van der Waals surface area contributed by atoms with E-state index in [0.29, 0.717) is 35.6 Å². The molecular weight excluding hydrogens is 250 g/mol. The highest BCUT2D eigenvalue weighted by Gasteiger charge is 2.20. The molecule has 0 saturated carbocycles. The summed E-state index contributed by atoms with van der Waals surface area (Å²) < 4.78 is 17.1. The maximum absolute atomic E-state index is 5.20. The molecule has 0 atom stereocenters. The first-order valence-electron chi connectivity index (χ1n) is 5.53. The fraction of sp³-hybridized carbons (Fsp3) is 0.455. The quantitative estimate of drug-likeness (QED) is 0.775. The highest BCUT2D eigenvalue weighted by molar-refractivity contribution is 5.67. The molecule has 0 N–H and O–H groups in total. The molecule has 8 nitrogen and oxygen atoms in total. The molecule has 0 radical (unpaired) electrons. The van der Waals surface area contributed by atoms with Crippen molar-refractivity contribution in [3.8, 4) is 23.1 Å². The summed E-state index contributed by atoms with van der Waals surface area (Å²) in [6.45, 7) is 0.363. The van der Waals surface area contributed by atoms with Crippen LogP contribution in [0.25, 0.3) is 11.4 Å². The van der Waals surface area contributed by atoms with Gasteiger partial charge < -0.3 is 14.2 Å². The molecule has 19 heavy (non-hydrogen) atoms. The van der Waals surface area contributed by atoms with Crippen LogP contribution in [0.4, 0.5) is 0 Å². The van der Waals surface area contributed by atoms with Crippen molar-refractivity contribution in [2.45, 2.75) is 6.61 Å². The van der Waals surface area contributed by atoms with Gasteiger partial charge in [0.05, 0.1) is 14.2 Å². The Morgan fingerprint density at radius 1 is 1.11 bits per heavy atom. The van der Waals surface area contributed by atoms with E-state index in [2.05, 4.69) is 20.1 Å². The smallest absolute Gasteiger partial charge is 0.231 e. The van der Waals surface area contributed by atoms with Crippen LogP contribution >= 0.6 is 0 Å². The first-order chi connectivity index (χ1) is 9.21. The van der Waals surface area contributed by atoms with Crippen LogP contribution in [0.2, 0.25) is 0 Å². The number of nitrogens with zero attached hydrogens (tertiary/aromatic N) is 5.